The van der Waals surface area contributed by atoms with E-state index < -0.39 is 12.1 Å². The van der Waals surface area contributed by atoms with Gasteiger partial charge in [0.05, 0.1) is 19.2 Å². The van der Waals surface area contributed by atoms with Crippen LogP contribution in [0, 0.1) is 0 Å². The fourth-order valence-electron chi connectivity index (χ4n) is 3.41. The molecule has 8 heteroatoms. The van der Waals surface area contributed by atoms with Crippen LogP contribution in [0.4, 0.5) is 13.2 Å². The highest BCUT2D eigenvalue weighted by Crippen LogP contribution is 2.24. The van der Waals surface area contributed by atoms with Crippen molar-refractivity contribution in [1.82, 2.24) is 19.6 Å². The lowest BCUT2D eigenvalue weighted by Crippen LogP contribution is -2.53. The Labute approximate surface area is 163 Å². The first-order valence-corrected chi connectivity index (χ1v) is 10.0. The van der Waals surface area contributed by atoms with Crippen LogP contribution in [0.5, 0.6) is 0 Å². The molecule has 0 aromatic heterocycles. The van der Waals surface area contributed by atoms with Crippen molar-refractivity contribution in [3.05, 3.63) is 0 Å². The van der Waals surface area contributed by atoms with E-state index in [1.807, 2.05) is 19.0 Å². The standard InChI is InChI=1S/C5H10FN.C5H11NO.C5H11N.C4H7F2N/c1-7-3-2-5(6)4-7;1-6-3-2-5(7)4-6;1-6-4-2-3-5-6;1-7-2-4(5,6)3-7/h5H,2-4H2,1H3;5,7H,2-4H2,1H3;2-5H2,1H3;2-3H2,1H3. The molecule has 0 spiro atoms. The monoisotopic (exact) mass is 396 g/mol. The Morgan fingerprint density at radius 2 is 1.26 bits per heavy atom. The van der Waals surface area contributed by atoms with Gasteiger partial charge in [0.2, 0.25) is 0 Å². The molecule has 4 heterocycles. The van der Waals surface area contributed by atoms with Crippen LogP contribution in [0.1, 0.15) is 25.7 Å². The number of nitrogens with zero attached hydrogens (tertiary/aromatic N) is 4. The van der Waals surface area contributed by atoms with Gasteiger partial charge in [-0.3, -0.25) is 4.90 Å². The van der Waals surface area contributed by atoms with Crippen molar-refractivity contribution in [2.75, 3.05) is 80.5 Å². The highest BCUT2D eigenvalue weighted by atomic mass is 19.3. The summed E-state index contributed by atoms with van der Waals surface area (Å²) in [6.45, 7) is 6.00. The molecule has 5 nitrogen and oxygen atoms in total. The Morgan fingerprint density at radius 1 is 0.741 bits per heavy atom. The van der Waals surface area contributed by atoms with E-state index in [0.717, 1.165) is 32.5 Å². The van der Waals surface area contributed by atoms with E-state index >= 15 is 0 Å². The normalized spacial score (nSPS) is 31.1. The number of alkyl halides is 3. The maximum Gasteiger partial charge on any atom is 0.272 e. The van der Waals surface area contributed by atoms with Crippen molar-refractivity contribution in [2.24, 2.45) is 0 Å². The molecule has 2 unspecified atom stereocenters. The van der Waals surface area contributed by atoms with Crippen molar-refractivity contribution < 1.29 is 18.3 Å². The Morgan fingerprint density at radius 3 is 1.37 bits per heavy atom. The molecular weight excluding hydrogens is 357 g/mol. The van der Waals surface area contributed by atoms with E-state index in [9.17, 15) is 13.2 Å². The topological polar surface area (TPSA) is 33.2 Å². The molecule has 2 atom stereocenters. The molecule has 0 amide bonds. The molecule has 162 valence electrons. The maximum absolute atomic E-state index is 12.1. The van der Waals surface area contributed by atoms with Crippen molar-refractivity contribution in [1.29, 1.82) is 0 Å². The Balaban J connectivity index is 0.000000180. The third kappa shape index (κ3) is 11.9. The molecule has 4 aliphatic heterocycles. The molecule has 0 aromatic rings. The highest BCUT2D eigenvalue weighted by Gasteiger charge is 2.41. The fraction of sp³-hybridized carbons (Fsp3) is 1.00. The first-order chi connectivity index (χ1) is 12.6. The lowest BCUT2D eigenvalue weighted by atomic mass is 10.2. The summed E-state index contributed by atoms with van der Waals surface area (Å²) in [4.78, 5) is 8.08. The van der Waals surface area contributed by atoms with Crippen LogP contribution in [-0.2, 0) is 0 Å². The lowest BCUT2D eigenvalue weighted by molar-refractivity contribution is -0.119. The SMILES string of the molecule is CN1CC(F)(F)C1.CN1CCC(F)C1.CN1CCC(O)C1.CN1CCCC1. The Kier molecular flexibility index (Phi) is 11.1. The minimum atomic E-state index is -2.38. The third-order valence-electron chi connectivity index (χ3n) is 5.03. The number of halogens is 3. The number of hydrogen-bond acceptors (Lipinski definition) is 5. The zero-order chi connectivity index (χ0) is 20.4. The predicted octanol–water partition coefficient (Wildman–Crippen LogP) is 1.62. The van der Waals surface area contributed by atoms with Crippen molar-refractivity contribution in [3.8, 4) is 0 Å². The summed E-state index contributed by atoms with van der Waals surface area (Å²) < 4.78 is 35.6. The van der Waals surface area contributed by atoms with Crippen LogP contribution in [0.15, 0.2) is 0 Å². The van der Waals surface area contributed by atoms with Crippen LogP contribution < -0.4 is 0 Å². The van der Waals surface area contributed by atoms with Gasteiger partial charge in [-0.05, 0) is 67.0 Å². The lowest BCUT2D eigenvalue weighted by Gasteiger charge is -2.35. The minimum Gasteiger partial charge on any atom is -0.392 e. The molecular formula is C19H39F3N4O. The van der Waals surface area contributed by atoms with E-state index in [1.54, 1.807) is 11.9 Å². The summed E-state index contributed by atoms with van der Waals surface area (Å²) in [5.74, 6) is -2.38. The molecule has 0 aliphatic carbocycles. The quantitative estimate of drug-likeness (QED) is 0.673. The van der Waals surface area contributed by atoms with Gasteiger partial charge in [0, 0.05) is 26.2 Å². The van der Waals surface area contributed by atoms with E-state index in [-0.39, 0.29) is 19.2 Å². The largest absolute Gasteiger partial charge is 0.392 e. The molecule has 4 fully saturated rings. The second-order valence-corrected chi connectivity index (χ2v) is 8.39. The number of likely N-dealkylation sites (N-methyl/N-ethyl adjacent to an activating group) is 1. The van der Waals surface area contributed by atoms with E-state index in [2.05, 4.69) is 16.8 Å². The molecule has 4 saturated heterocycles. The van der Waals surface area contributed by atoms with Crippen LogP contribution >= 0.6 is 0 Å². The van der Waals surface area contributed by atoms with Gasteiger partial charge in [0.1, 0.15) is 6.17 Å². The maximum atomic E-state index is 12.1. The van der Waals surface area contributed by atoms with Crippen molar-refractivity contribution >= 4 is 0 Å². The molecule has 0 aromatic carbocycles. The second kappa shape index (κ2) is 12.2. The zero-order valence-electron chi connectivity index (χ0n) is 17.5. The molecule has 0 saturated carbocycles. The molecule has 0 bridgehead atoms. The van der Waals surface area contributed by atoms with Gasteiger partial charge in [-0.2, -0.15) is 0 Å². The third-order valence-corrected chi connectivity index (χ3v) is 5.03. The summed E-state index contributed by atoms with van der Waals surface area (Å²) in [5, 5.41) is 8.86. The number of likely N-dealkylation sites (tertiary alicyclic amines) is 4. The van der Waals surface area contributed by atoms with Crippen LogP contribution in [0.25, 0.3) is 0 Å². The zero-order valence-corrected chi connectivity index (χ0v) is 17.5. The molecule has 4 rings (SSSR count). The summed E-state index contributed by atoms with van der Waals surface area (Å²) in [6, 6.07) is 0. The first-order valence-electron chi connectivity index (χ1n) is 10.0. The Hall–Kier alpha value is -0.410. The predicted molar refractivity (Wildman–Crippen MR) is 104 cm³/mol. The number of aliphatic hydroxyl groups excluding tert-OH is 1. The average molecular weight is 397 g/mol. The van der Waals surface area contributed by atoms with E-state index in [0.29, 0.717) is 6.54 Å². The van der Waals surface area contributed by atoms with Crippen LogP contribution in [0.2, 0.25) is 0 Å². The summed E-state index contributed by atoms with van der Waals surface area (Å²) in [7, 11) is 7.82. The van der Waals surface area contributed by atoms with Crippen LogP contribution in [0.3, 0.4) is 0 Å². The number of hydrogen-bond donors (Lipinski definition) is 1. The smallest absolute Gasteiger partial charge is 0.272 e. The number of rotatable bonds is 0. The fourth-order valence-corrected chi connectivity index (χ4v) is 3.41. The van der Waals surface area contributed by atoms with E-state index in [1.165, 1.54) is 25.9 Å². The van der Waals surface area contributed by atoms with Gasteiger partial charge < -0.3 is 19.8 Å². The molecule has 27 heavy (non-hydrogen) atoms. The first kappa shape index (κ1) is 24.6. The van der Waals surface area contributed by atoms with Gasteiger partial charge in [-0.25, -0.2) is 13.2 Å². The minimum absolute atomic E-state index is 0.0509. The van der Waals surface area contributed by atoms with Gasteiger partial charge in [0.15, 0.2) is 0 Å². The summed E-state index contributed by atoms with van der Waals surface area (Å²) >= 11 is 0. The van der Waals surface area contributed by atoms with Crippen molar-refractivity contribution in [2.45, 2.75) is 43.9 Å². The van der Waals surface area contributed by atoms with Gasteiger partial charge >= 0.3 is 0 Å². The summed E-state index contributed by atoms with van der Waals surface area (Å²) in [6.07, 6.45) is 3.91. The molecule has 0 radical (unpaired) electrons. The molecule has 1 N–H and O–H groups in total. The summed E-state index contributed by atoms with van der Waals surface area (Å²) in [5.41, 5.74) is 0. The number of β-amino-alcohol motifs (C(OH)–C–C–N with tert-alkyl or cyclic N) is 1. The second-order valence-electron chi connectivity index (χ2n) is 8.39. The van der Waals surface area contributed by atoms with Crippen molar-refractivity contribution in [3.63, 3.8) is 0 Å². The highest BCUT2D eigenvalue weighted by molar-refractivity contribution is 4.83. The van der Waals surface area contributed by atoms with Gasteiger partial charge in [-0.1, -0.05) is 0 Å². The Bertz CT molecular complexity index is 355. The van der Waals surface area contributed by atoms with Crippen LogP contribution in [-0.4, -0.2) is 123 Å². The van der Waals surface area contributed by atoms with Gasteiger partial charge in [0.25, 0.3) is 5.92 Å². The van der Waals surface area contributed by atoms with E-state index in [4.69, 9.17) is 5.11 Å². The molecule has 4 aliphatic rings. The van der Waals surface area contributed by atoms with Gasteiger partial charge in [-0.15, -0.1) is 0 Å². The average Bonchev–Trinajstić information content (AvgIpc) is 3.24. The number of aliphatic hydroxyl groups is 1.